The van der Waals surface area contributed by atoms with Crippen LogP contribution in [0, 0.1) is 0 Å². The molecule has 5 aromatic rings. The third kappa shape index (κ3) is 4.94. The number of aryl methyl sites for hydroxylation is 1. The van der Waals surface area contributed by atoms with E-state index < -0.39 is 0 Å². The Morgan fingerprint density at radius 2 is 1.81 bits per heavy atom. The monoisotopic (exact) mass is 498 g/mol. The molecule has 0 radical (unpaired) electrons. The van der Waals surface area contributed by atoms with Crippen LogP contribution >= 0.6 is 11.3 Å². The molecule has 0 aliphatic heterocycles. The van der Waals surface area contributed by atoms with Crippen molar-refractivity contribution in [2.45, 2.75) is 12.8 Å². The molecule has 8 heteroatoms. The second kappa shape index (κ2) is 10.6. The van der Waals surface area contributed by atoms with Gasteiger partial charge in [0.05, 0.1) is 40.7 Å². The molecular weight excluding hydrogens is 472 g/mol. The predicted molar refractivity (Wildman–Crippen MR) is 142 cm³/mol. The van der Waals surface area contributed by atoms with E-state index in [2.05, 4.69) is 16.4 Å². The van der Waals surface area contributed by atoms with Crippen LogP contribution in [0.5, 0.6) is 11.5 Å². The molecule has 182 valence electrons. The number of benzene rings is 3. The summed E-state index contributed by atoms with van der Waals surface area (Å²) in [5.41, 5.74) is 3.62. The molecule has 0 atom stereocenters. The Morgan fingerprint density at radius 3 is 2.58 bits per heavy atom. The molecule has 2 heterocycles. The lowest BCUT2D eigenvalue weighted by molar-refractivity contribution is 0.0954. The Hall–Kier alpha value is -4.17. The zero-order valence-electron chi connectivity index (χ0n) is 20.1. The number of fused-ring (bicyclic) bond motifs is 1. The van der Waals surface area contributed by atoms with Gasteiger partial charge in [0.1, 0.15) is 17.2 Å². The molecule has 5 rings (SSSR count). The summed E-state index contributed by atoms with van der Waals surface area (Å²) in [5, 5.41) is 8.89. The average molecular weight is 499 g/mol. The number of ether oxygens (including phenoxy) is 2. The standard InChI is InChI=1S/C28H26N4O3S/c1-34-20-14-15-21(24(17-20)35-2)27-22(18-32(31-27)19-9-4-3-5-10-19)28(33)29-16-8-13-26-30-23-11-6-7-12-25(23)36-26/h3-7,9-12,14-15,17-18H,8,13,16H2,1-2H3,(H,29,33). The molecule has 0 fully saturated rings. The van der Waals surface area contributed by atoms with Gasteiger partial charge in [0, 0.05) is 30.8 Å². The van der Waals surface area contributed by atoms with Crippen molar-refractivity contribution < 1.29 is 14.3 Å². The Labute approximate surface area is 213 Å². The maximum atomic E-state index is 13.3. The number of para-hydroxylation sites is 2. The first-order valence-electron chi connectivity index (χ1n) is 11.7. The molecule has 0 aliphatic rings. The number of amides is 1. The van der Waals surface area contributed by atoms with Crippen molar-refractivity contribution in [1.82, 2.24) is 20.1 Å². The van der Waals surface area contributed by atoms with Gasteiger partial charge in [0.15, 0.2) is 0 Å². The fourth-order valence-corrected chi connectivity index (χ4v) is 5.02. The van der Waals surface area contributed by atoms with Gasteiger partial charge in [-0.2, -0.15) is 5.10 Å². The highest BCUT2D eigenvalue weighted by atomic mass is 32.1. The van der Waals surface area contributed by atoms with E-state index in [9.17, 15) is 4.79 Å². The summed E-state index contributed by atoms with van der Waals surface area (Å²) in [6.45, 7) is 0.532. The molecule has 0 saturated carbocycles. The molecular formula is C28H26N4O3S. The second-order valence-electron chi connectivity index (χ2n) is 8.17. The summed E-state index contributed by atoms with van der Waals surface area (Å²) >= 11 is 1.70. The number of rotatable bonds is 9. The molecule has 0 aliphatic carbocycles. The molecule has 0 unspecified atom stereocenters. The normalized spacial score (nSPS) is 10.9. The van der Waals surface area contributed by atoms with E-state index in [1.807, 2.05) is 60.7 Å². The third-order valence-electron chi connectivity index (χ3n) is 5.83. The first-order valence-corrected chi connectivity index (χ1v) is 12.5. The van der Waals surface area contributed by atoms with Crippen molar-refractivity contribution in [1.29, 1.82) is 0 Å². The van der Waals surface area contributed by atoms with E-state index in [1.165, 1.54) is 4.70 Å². The third-order valence-corrected chi connectivity index (χ3v) is 6.93. The Morgan fingerprint density at radius 1 is 1.00 bits per heavy atom. The van der Waals surface area contributed by atoms with E-state index >= 15 is 0 Å². The van der Waals surface area contributed by atoms with Gasteiger partial charge >= 0.3 is 0 Å². The average Bonchev–Trinajstić information content (AvgIpc) is 3.55. The first kappa shape index (κ1) is 23.6. The molecule has 0 saturated heterocycles. The summed E-state index contributed by atoms with van der Waals surface area (Å²) in [6.07, 6.45) is 3.36. The van der Waals surface area contributed by atoms with Crippen molar-refractivity contribution in [2.24, 2.45) is 0 Å². The molecule has 7 nitrogen and oxygen atoms in total. The topological polar surface area (TPSA) is 78.3 Å². The minimum Gasteiger partial charge on any atom is -0.497 e. The number of carbonyl (C=O) groups excluding carboxylic acids is 1. The quantitative estimate of drug-likeness (QED) is 0.271. The number of carbonyl (C=O) groups is 1. The maximum absolute atomic E-state index is 13.3. The van der Waals surface area contributed by atoms with Gasteiger partial charge in [-0.05, 0) is 42.8 Å². The summed E-state index contributed by atoms with van der Waals surface area (Å²) in [5.74, 6) is 1.06. The number of aromatic nitrogens is 3. The SMILES string of the molecule is COc1ccc(-c2nn(-c3ccccc3)cc2C(=O)NCCCc2nc3ccccc3s2)c(OC)c1. The summed E-state index contributed by atoms with van der Waals surface area (Å²) < 4.78 is 13.8. The van der Waals surface area contributed by atoms with Crippen LogP contribution in [-0.2, 0) is 6.42 Å². The van der Waals surface area contributed by atoms with E-state index in [0.717, 1.165) is 29.1 Å². The Balaban J connectivity index is 1.37. The number of nitrogens with one attached hydrogen (secondary N) is 1. The van der Waals surface area contributed by atoms with Gasteiger partial charge in [-0.1, -0.05) is 30.3 Å². The number of hydrogen-bond donors (Lipinski definition) is 1. The van der Waals surface area contributed by atoms with Gasteiger partial charge < -0.3 is 14.8 Å². The number of hydrogen-bond acceptors (Lipinski definition) is 6. The van der Waals surface area contributed by atoms with E-state index in [1.54, 1.807) is 42.5 Å². The lowest BCUT2D eigenvalue weighted by atomic mass is 10.1. The number of nitrogens with zero attached hydrogens (tertiary/aromatic N) is 3. The Bertz CT molecular complexity index is 1460. The fourth-order valence-electron chi connectivity index (χ4n) is 4.01. The number of thiazole rings is 1. The zero-order valence-corrected chi connectivity index (χ0v) is 20.9. The van der Waals surface area contributed by atoms with Crippen molar-refractivity contribution in [3.05, 3.63) is 89.6 Å². The van der Waals surface area contributed by atoms with Crippen LogP contribution in [0.3, 0.4) is 0 Å². The molecule has 1 amide bonds. The highest BCUT2D eigenvalue weighted by Crippen LogP contribution is 2.35. The summed E-state index contributed by atoms with van der Waals surface area (Å²) in [6, 6.07) is 23.3. The minimum absolute atomic E-state index is 0.186. The van der Waals surface area contributed by atoms with Crippen LogP contribution in [0.2, 0.25) is 0 Å². The van der Waals surface area contributed by atoms with Crippen LogP contribution in [0.4, 0.5) is 0 Å². The van der Waals surface area contributed by atoms with E-state index in [4.69, 9.17) is 14.6 Å². The first-order chi connectivity index (χ1) is 17.7. The minimum atomic E-state index is -0.186. The van der Waals surface area contributed by atoms with Gasteiger partial charge in [0.25, 0.3) is 5.91 Å². The highest BCUT2D eigenvalue weighted by Gasteiger charge is 2.21. The molecule has 36 heavy (non-hydrogen) atoms. The lowest BCUT2D eigenvalue weighted by Crippen LogP contribution is -2.25. The van der Waals surface area contributed by atoms with Crippen molar-refractivity contribution in [2.75, 3.05) is 20.8 Å². The van der Waals surface area contributed by atoms with Gasteiger partial charge in [-0.3, -0.25) is 4.79 Å². The Kier molecular flexibility index (Phi) is 6.95. The molecule has 0 bridgehead atoms. The molecule has 0 spiro atoms. The molecule has 3 aromatic carbocycles. The zero-order chi connectivity index (χ0) is 24.9. The van der Waals surface area contributed by atoms with Crippen molar-refractivity contribution in [3.63, 3.8) is 0 Å². The van der Waals surface area contributed by atoms with Crippen LogP contribution in [0.15, 0.2) is 79.0 Å². The smallest absolute Gasteiger partial charge is 0.255 e. The van der Waals surface area contributed by atoms with Crippen LogP contribution in [-0.4, -0.2) is 41.4 Å². The van der Waals surface area contributed by atoms with E-state index in [-0.39, 0.29) is 5.91 Å². The predicted octanol–water partition coefficient (Wildman–Crippen LogP) is 5.53. The van der Waals surface area contributed by atoms with Crippen molar-refractivity contribution >= 4 is 27.5 Å². The summed E-state index contributed by atoms with van der Waals surface area (Å²) in [4.78, 5) is 18.0. The van der Waals surface area contributed by atoms with Gasteiger partial charge in [-0.15, -0.1) is 11.3 Å². The van der Waals surface area contributed by atoms with Crippen LogP contribution in [0.1, 0.15) is 21.8 Å². The van der Waals surface area contributed by atoms with Crippen LogP contribution < -0.4 is 14.8 Å². The maximum Gasteiger partial charge on any atom is 0.255 e. The molecule has 2 aromatic heterocycles. The molecule has 1 N–H and O–H groups in total. The van der Waals surface area contributed by atoms with E-state index in [0.29, 0.717) is 34.9 Å². The van der Waals surface area contributed by atoms with Gasteiger partial charge in [-0.25, -0.2) is 9.67 Å². The second-order valence-corrected chi connectivity index (χ2v) is 9.29. The van der Waals surface area contributed by atoms with Crippen LogP contribution in [0.25, 0.3) is 27.2 Å². The fraction of sp³-hybridized carbons (Fsp3) is 0.179. The summed E-state index contributed by atoms with van der Waals surface area (Å²) in [7, 11) is 3.19. The van der Waals surface area contributed by atoms with Crippen molar-refractivity contribution in [3.8, 4) is 28.4 Å². The van der Waals surface area contributed by atoms with Gasteiger partial charge in [0.2, 0.25) is 0 Å². The largest absolute Gasteiger partial charge is 0.497 e. The lowest BCUT2D eigenvalue weighted by Gasteiger charge is -2.10. The highest BCUT2D eigenvalue weighted by molar-refractivity contribution is 7.18. The number of methoxy groups -OCH3 is 2.